The van der Waals surface area contributed by atoms with Gasteiger partial charge in [-0.25, -0.2) is 0 Å². The van der Waals surface area contributed by atoms with Gasteiger partial charge in [-0.3, -0.25) is 0 Å². The average Bonchev–Trinajstić information content (AvgIpc) is 2.69. The van der Waals surface area contributed by atoms with Crippen molar-refractivity contribution in [2.45, 2.75) is 0 Å². The van der Waals surface area contributed by atoms with Gasteiger partial charge in [0.2, 0.25) is 0 Å². The molecule has 0 saturated carbocycles. The molecule has 0 spiro atoms. The first-order chi connectivity index (χ1) is 8.93. The monoisotopic (exact) mass is 230 g/mol. The Bertz CT molecular complexity index is 650. The first-order valence-electron chi connectivity index (χ1n) is 6.48. The molecule has 3 aliphatic rings. The van der Waals surface area contributed by atoms with Gasteiger partial charge in [0.05, 0.1) is 0 Å². The molecule has 0 nitrogen and oxygen atoms in total. The van der Waals surface area contributed by atoms with Crippen LogP contribution in [0.5, 0.6) is 0 Å². The summed E-state index contributed by atoms with van der Waals surface area (Å²) in [5, 5.41) is 0. The van der Waals surface area contributed by atoms with E-state index in [1.54, 1.807) is 0 Å². The van der Waals surface area contributed by atoms with E-state index < -0.39 is 0 Å². The third-order valence-corrected chi connectivity index (χ3v) is 4.01. The zero-order valence-electron chi connectivity index (χ0n) is 10.1. The van der Waals surface area contributed by atoms with E-state index in [0.29, 0.717) is 11.8 Å². The van der Waals surface area contributed by atoms with Crippen LogP contribution in [0.15, 0.2) is 72.4 Å². The maximum absolute atomic E-state index is 2.42. The summed E-state index contributed by atoms with van der Waals surface area (Å²) in [4.78, 5) is 0. The number of rotatable bonds is 0. The molecule has 0 N–H and O–H groups in total. The second-order valence-electron chi connectivity index (χ2n) is 5.02. The Balaban J connectivity index is 1.93. The quantitative estimate of drug-likeness (QED) is 0.620. The maximum atomic E-state index is 2.42. The van der Waals surface area contributed by atoms with Crippen molar-refractivity contribution in [3.8, 4) is 0 Å². The molecule has 1 aromatic rings. The highest BCUT2D eigenvalue weighted by Crippen LogP contribution is 2.45. The molecular weight excluding hydrogens is 216 g/mol. The lowest BCUT2D eigenvalue weighted by Crippen LogP contribution is -2.06. The fourth-order valence-electron chi connectivity index (χ4n) is 3.15. The van der Waals surface area contributed by atoms with E-state index in [2.05, 4.69) is 72.9 Å². The second-order valence-corrected chi connectivity index (χ2v) is 5.02. The van der Waals surface area contributed by atoms with Gasteiger partial charge in [-0.15, -0.1) is 0 Å². The SMILES string of the molecule is C1=Cc2ccccc2C2=CC3C=CC=CC3C2=C1. The maximum Gasteiger partial charge on any atom is 0.0125 e. The van der Waals surface area contributed by atoms with E-state index in [0.717, 1.165) is 0 Å². The van der Waals surface area contributed by atoms with Gasteiger partial charge in [-0.2, -0.15) is 0 Å². The van der Waals surface area contributed by atoms with E-state index in [1.807, 2.05) is 0 Å². The van der Waals surface area contributed by atoms with Crippen molar-refractivity contribution in [2.75, 3.05) is 0 Å². The van der Waals surface area contributed by atoms with Gasteiger partial charge in [0.25, 0.3) is 0 Å². The number of allylic oxidation sites excluding steroid dienone is 9. The second kappa shape index (κ2) is 3.71. The minimum absolute atomic E-state index is 0.529. The highest BCUT2D eigenvalue weighted by molar-refractivity contribution is 5.89. The molecule has 0 bridgehead atoms. The van der Waals surface area contributed by atoms with Gasteiger partial charge >= 0.3 is 0 Å². The lowest BCUT2D eigenvalue weighted by molar-refractivity contribution is 0.675. The van der Waals surface area contributed by atoms with Crippen molar-refractivity contribution in [3.63, 3.8) is 0 Å². The van der Waals surface area contributed by atoms with Crippen molar-refractivity contribution in [3.05, 3.63) is 83.5 Å². The van der Waals surface area contributed by atoms with Crippen LogP contribution in [0, 0.1) is 11.8 Å². The van der Waals surface area contributed by atoms with E-state index in [1.165, 1.54) is 22.3 Å². The molecule has 2 unspecified atom stereocenters. The largest absolute Gasteiger partial charge is 0.0767 e. The Kier molecular flexibility index (Phi) is 2.04. The lowest BCUT2D eigenvalue weighted by Gasteiger charge is -2.17. The Morgan fingerprint density at radius 2 is 1.78 bits per heavy atom. The zero-order valence-corrected chi connectivity index (χ0v) is 10.1. The number of hydrogen-bond acceptors (Lipinski definition) is 0. The molecule has 0 saturated heterocycles. The smallest absolute Gasteiger partial charge is 0.0125 e. The molecule has 0 fully saturated rings. The van der Waals surface area contributed by atoms with E-state index >= 15 is 0 Å². The normalized spacial score (nSPS) is 26.9. The molecule has 2 atom stereocenters. The van der Waals surface area contributed by atoms with E-state index in [9.17, 15) is 0 Å². The zero-order chi connectivity index (χ0) is 11.9. The van der Waals surface area contributed by atoms with E-state index in [-0.39, 0.29) is 0 Å². The van der Waals surface area contributed by atoms with E-state index in [4.69, 9.17) is 0 Å². The summed E-state index contributed by atoms with van der Waals surface area (Å²) < 4.78 is 0. The van der Waals surface area contributed by atoms with Gasteiger partial charge in [-0.1, -0.05) is 72.9 Å². The van der Waals surface area contributed by atoms with Gasteiger partial charge in [0.15, 0.2) is 0 Å². The molecule has 1 aromatic carbocycles. The molecule has 0 aromatic heterocycles. The third kappa shape index (κ3) is 1.32. The fraction of sp³-hybridized carbons (Fsp3) is 0.111. The first-order valence-corrected chi connectivity index (χ1v) is 6.48. The van der Waals surface area contributed by atoms with Gasteiger partial charge in [-0.05, 0) is 22.3 Å². The standard InChI is InChI=1S/C18H14/c1-3-9-15-13(6-1)8-5-11-17-16-10-4-2-7-14(16)12-18(15)17/h1-12,14,16H. The Hall–Kier alpha value is -2.08. The molecule has 0 radical (unpaired) electrons. The Labute approximate surface area is 107 Å². The molecule has 86 valence electrons. The Morgan fingerprint density at radius 3 is 2.78 bits per heavy atom. The van der Waals surface area contributed by atoms with Crippen LogP contribution in [0.4, 0.5) is 0 Å². The molecule has 0 heterocycles. The number of benzene rings is 1. The molecular formula is C18H14. The summed E-state index contributed by atoms with van der Waals surface area (Å²) in [6.45, 7) is 0. The Morgan fingerprint density at radius 1 is 0.889 bits per heavy atom. The first kappa shape index (κ1) is 9.90. The van der Waals surface area contributed by atoms with Gasteiger partial charge in [0, 0.05) is 11.8 Å². The van der Waals surface area contributed by atoms with Crippen molar-refractivity contribution in [1.82, 2.24) is 0 Å². The molecule has 4 rings (SSSR count). The fourth-order valence-corrected chi connectivity index (χ4v) is 3.15. The molecule has 0 aliphatic heterocycles. The molecule has 0 heteroatoms. The highest BCUT2D eigenvalue weighted by atomic mass is 14.3. The van der Waals surface area contributed by atoms with Crippen molar-refractivity contribution >= 4 is 11.6 Å². The van der Waals surface area contributed by atoms with Crippen LogP contribution in [0.1, 0.15) is 11.1 Å². The average molecular weight is 230 g/mol. The third-order valence-electron chi connectivity index (χ3n) is 4.01. The number of hydrogen-bond donors (Lipinski definition) is 0. The van der Waals surface area contributed by atoms with Crippen LogP contribution in [-0.2, 0) is 0 Å². The summed E-state index contributed by atoms with van der Waals surface area (Å²) in [6, 6.07) is 8.66. The number of fused-ring (bicyclic) bond motifs is 5. The summed E-state index contributed by atoms with van der Waals surface area (Å²) in [5.41, 5.74) is 5.57. The highest BCUT2D eigenvalue weighted by Gasteiger charge is 2.31. The summed E-state index contributed by atoms with van der Waals surface area (Å²) in [5.74, 6) is 1.07. The van der Waals surface area contributed by atoms with Crippen molar-refractivity contribution in [1.29, 1.82) is 0 Å². The summed E-state index contributed by atoms with van der Waals surface area (Å²) >= 11 is 0. The summed E-state index contributed by atoms with van der Waals surface area (Å²) in [7, 11) is 0. The van der Waals surface area contributed by atoms with Crippen LogP contribution in [0.3, 0.4) is 0 Å². The lowest BCUT2D eigenvalue weighted by atomic mass is 9.87. The predicted octanol–water partition coefficient (Wildman–Crippen LogP) is 4.40. The predicted molar refractivity (Wildman–Crippen MR) is 76.8 cm³/mol. The molecule has 0 amide bonds. The van der Waals surface area contributed by atoms with Crippen molar-refractivity contribution in [2.24, 2.45) is 11.8 Å². The van der Waals surface area contributed by atoms with Crippen LogP contribution < -0.4 is 0 Å². The van der Waals surface area contributed by atoms with Gasteiger partial charge in [0.1, 0.15) is 0 Å². The van der Waals surface area contributed by atoms with Crippen LogP contribution in [0.25, 0.3) is 11.6 Å². The van der Waals surface area contributed by atoms with Gasteiger partial charge < -0.3 is 0 Å². The topological polar surface area (TPSA) is 0 Å². The molecule has 3 aliphatic carbocycles. The van der Waals surface area contributed by atoms with Crippen LogP contribution in [0.2, 0.25) is 0 Å². The minimum atomic E-state index is 0.529. The minimum Gasteiger partial charge on any atom is -0.0767 e. The summed E-state index contributed by atoms with van der Waals surface area (Å²) in [6.07, 6.45) is 18.0. The van der Waals surface area contributed by atoms with Crippen molar-refractivity contribution < 1.29 is 0 Å². The molecule has 18 heavy (non-hydrogen) atoms. The van der Waals surface area contributed by atoms with Crippen LogP contribution in [-0.4, -0.2) is 0 Å². The van der Waals surface area contributed by atoms with Crippen LogP contribution >= 0.6 is 0 Å².